The highest BCUT2D eigenvalue weighted by Gasteiger charge is 2.39. The van der Waals surface area contributed by atoms with Crippen LogP contribution < -0.4 is 21.7 Å². The Labute approximate surface area is 324 Å². The lowest BCUT2D eigenvalue weighted by Gasteiger charge is -2.37. The maximum absolute atomic E-state index is 14.1. The van der Waals surface area contributed by atoms with Crippen molar-refractivity contribution in [3.05, 3.63) is 168 Å². The van der Waals surface area contributed by atoms with E-state index >= 15 is 0 Å². The summed E-state index contributed by atoms with van der Waals surface area (Å²) in [5, 5.41) is 19.0. The van der Waals surface area contributed by atoms with Crippen molar-refractivity contribution in [3.8, 4) is 0 Å². The summed E-state index contributed by atoms with van der Waals surface area (Å²) in [5.74, 6) is 0.107. The van der Waals surface area contributed by atoms with Crippen molar-refractivity contribution >= 4 is 51.3 Å². The molecule has 6 N–H and O–H groups in total. The molecule has 0 saturated carbocycles. The van der Waals surface area contributed by atoms with E-state index in [0.717, 1.165) is 63.8 Å². The molecule has 56 heavy (non-hydrogen) atoms. The van der Waals surface area contributed by atoms with Gasteiger partial charge in [-0.25, -0.2) is 14.8 Å². The summed E-state index contributed by atoms with van der Waals surface area (Å²) in [7, 11) is 0. The fraction of sp³-hybridized carbons (Fsp3) is 0.178. The highest BCUT2D eigenvalue weighted by Crippen LogP contribution is 2.37. The van der Waals surface area contributed by atoms with E-state index < -0.39 is 35.9 Å². The molecule has 1 atom stereocenters. The Bertz CT molecular complexity index is 2370. The minimum absolute atomic E-state index is 0.386. The maximum Gasteiger partial charge on any atom is 0.405 e. The summed E-state index contributed by atoms with van der Waals surface area (Å²) in [5.41, 5.74) is 11.5. The van der Waals surface area contributed by atoms with Gasteiger partial charge >= 0.3 is 6.09 Å². The number of benzene rings is 5. The summed E-state index contributed by atoms with van der Waals surface area (Å²) in [6.07, 6.45) is 0.879. The van der Waals surface area contributed by atoms with Gasteiger partial charge in [0.15, 0.2) is 5.82 Å². The van der Waals surface area contributed by atoms with E-state index in [4.69, 9.17) is 10.7 Å². The first-order valence-corrected chi connectivity index (χ1v) is 18.7. The number of nitrogens with two attached hydrogens (primary N) is 1. The number of imidazole rings is 1. The van der Waals surface area contributed by atoms with E-state index in [1.165, 1.54) is 0 Å². The van der Waals surface area contributed by atoms with E-state index in [0.29, 0.717) is 23.6 Å². The zero-order valence-electron chi connectivity index (χ0n) is 31.0. The van der Waals surface area contributed by atoms with Crippen molar-refractivity contribution in [2.24, 2.45) is 0 Å². The number of amides is 3. The number of aromatic nitrogens is 3. The van der Waals surface area contributed by atoms with Gasteiger partial charge in [-0.2, -0.15) is 0 Å². The first-order chi connectivity index (χ1) is 27.3. The number of nitrogen functional groups attached to an aromatic ring is 1. The van der Waals surface area contributed by atoms with Crippen LogP contribution in [0.2, 0.25) is 0 Å². The molecule has 3 amide bonds. The topological polar surface area (TPSA) is 164 Å². The van der Waals surface area contributed by atoms with Crippen LogP contribution in [0.15, 0.2) is 140 Å². The monoisotopic (exact) mass is 745 g/mol. The summed E-state index contributed by atoms with van der Waals surface area (Å²) in [6.45, 7) is 2.65. The molecule has 2 aromatic heterocycles. The lowest BCUT2D eigenvalue weighted by molar-refractivity contribution is -0.126. The standard InChI is InChI=1S/C45H43N7O4/c1-2-3-23-38-50-40-41(35-21-13-14-22-36(35)48-42(40)46)52(38)29-30-24-26-34(27-25-30)47-43(54)37(49-44(55)56)28-39(53)51-45(31-15-7-4-8-16-31,32-17-9-5-10-18-32)33-19-11-6-12-20-33/h4-22,24-27,37,49H,2-3,23,28-29H2,1H3,(H2,46,48)(H,47,54)(H,51,53)(H,55,56). The first kappa shape index (κ1) is 37.3. The largest absolute Gasteiger partial charge is 0.465 e. The molecular formula is C45H43N7O4. The average molecular weight is 746 g/mol. The summed E-state index contributed by atoms with van der Waals surface area (Å²) < 4.78 is 2.19. The second-order valence-electron chi connectivity index (χ2n) is 13.7. The zero-order chi connectivity index (χ0) is 39.1. The molecular weight excluding hydrogens is 703 g/mol. The lowest BCUT2D eigenvalue weighted by Crippen LogP contribution is -2.51. The summed E-state index contributed by atoms with van der Waals surface area (Å²) in [6, 6.07) is 42.5. The first-order valence-electron chi connectivity index (χ1n) is 18.7. The van der Waals surface area contributed by atoms with Gasteiger partial charge in [-0.3, -0.25) is 9.59 Å². The third kappa shape index (κ3) is 7.78. The number of anilines is 2. The quantitative estimate of drug-likeness (QED) is 0.0715. The number of rotatable bonds is 14. The number of aryl methyl sites for hydroxylation is 1. The van der Waals surface area contributed by atoms with Gasteiger partial charge in [-0.15, -0.1) is 0 Å². The molecule has 7 aromatic rings. The van der Waals surface area contributed by atoms with Crippen molar-refractivity contribution in [1.29, 1.82) is 0 Å². The van der Waals surface area contributed by atoms with Crippen LogP contribution in [0.25, 0.3) is 21.9 Å². The fourth-order valence-electron chi connectivity index (χ4n) is 7.29. The molecule has 11 heteroatoms. The van der Waals surface area contributed by atoms with Crippen molar-refractivity contribution in [3.63, 3.8) is 0 Å². The number of para-hydroxylation sites is 1. The molecule has 1 unspecified atom stereocenters. The second kappa shape index (κ2) is 16.6. The molecule has 2 heterocycles. The van der Waals surface area contributed by atoms with E-state index in [1.54, 1.807) is 12.1 Å². The third-order valence-electron chi connectivity index (χ3n) is 9.96. The van der Waals surface area contributed by atoms with E-state index in [-0.39, 0.29) is 0 Å². The SMILES string of the molecule is CCCCc1nc2c(N)nc3ccccc3c2n1Cc1ccc(NC(=O)C(CC(=O)NC(c2ccccc2)(c2ccccc2)c2ccccc2)NC(=O)O)cc1. The second-order valence-corrected chi connectivity index (χ2v) is 13.7. The Morgan fingerprint density at radius 1 is 0.768 bits per heavy atom. The zero-order valence-corrected chi connectivity index (χ0v) is 31.0. The number of hydrogen-bond donors (Lipinski definition) is 5. The van der Waals surface area contributed by atoms with Gasteiger partial charge < -0.3 is 31.4 Å². The highest BCUT2D eigenvalue weighted by molar-refractivity contribution is 6.06. The van der Waals surface area contributed by atoms with Crippen LogP contribution in [0.1, 0.15) is 54.3 Å². The molecule has 0 aliphatic rings. The van der Waals surface area contributed by atoms with Crippen molar-refractivity contribution < 1.29 is 19.5 Å². The van der Waals surface area contributed by atoms with Crippen molar-refractivity contribution in [2.75, 3.05) is 11.1 Å². The Morgan fingerprint density at radius 2 is 1.34 bits per heavy atom. The molecule has 0 fully saturated rings. The summed E-state index contributed by atoms with van der Waals surface area (Å²) >= 11 is 0. The molecule has 0 saturated heterocycles. The predicted octanol–water partition coefficient (Wildman–Crippen LogP) is 7.63. The number of nitrogens with one attached hydrogen (secondary N) is 3. The molecule has 11 nitrogen and oxygen atoms in total. The molecule has 0 bridgehead atoms. The smallest absolute Gasteiger partial charge is 0.405 e. The Balaban J connectivity index is 1.13. The molecule has 0 aliphatic heterocycles. The minimum Gasteiger partial charge on any atom is -0.465 e. The van der Waals surface area contributed by atoms with Crippen LogP contribution in [0, 0.1) is 0 Å². The van der Waals surface area contributed by atoms with Crippen LogP contribution in [0.3, 0.4) is 0 Å². The normalized spacial score (nSPS) is 11.9. The van der Waals surface area contributed by atoms with Gasteiger partial charge in [0, 0.05) is 24.0 Å². The average Bonchev–Trinajstić information content (AvgIpc) is 3.59. The Morgan fingerprint density at radius 3 is 1.91 bits per heavy atom. The van der Waals surface area contributed by atoms with Crippen LogP contribution in [0.5, 0.6) is 0 Å². The molecule has 7 rings (SSSR count). The van der Waals surface area contributed by atoms with Crippen LogP contribution >= 0.6 is 0 Å². The number of nitrogens with zero attached hydrogens (tertiary/aromatic N) is 3. The number of carbonyl (C=O) groups is 3. The molecule has 0 aliphatic carbocycles. The molecule has 5 aromatic carbocycles. The third-order valence-corrected chi connectivity index (χ3v) is 9.96. The Hall–Kier alpha value is -7.01. The highest BCUT2D eigenvalue weighted by atomic mass is 16.4. The van der Waals surface area contributed by atoms with Crippen molar-refractivity contribution in [1.82, 2.24) is 25.2 Å². The fourth-order valence-corrected chi connectivity index (χ4v) is 7.29. The predicted molar refractivity (Wildman–Crippen MR) is 219 cm³/mol. The number of hydrogen-bond acceptors (Lipinski definition) is 6. The number of unbranched alkanes of at least 4 members (excludes halogenated alkanes) is 1. The molecule has 0 radical (unpaired) electrons. The van der Waals surface area contributed by atoms with Crippen LogP contribution in [0.4, 0.5) is 16.3 Å². The Kier molecular flexibility index (Phi) is 11.0. The van der Waals surface area contributed by atoms with Gasteiger partial charge in [-0.1, -0.05) is 135 Å². The lowest BCUT2D eigenvalue weighted by atomic mass is 9.77. The maximum atomic E-state index is 14.1. The van der Waals surface area contributed by atoms with E-state index in [2.05, 4.69) is 32.4 Å². The number of fused-ring (bicyclic) bond motifs is 3. The van der Waals surface area contributed by atoms with Gasteiger partial charge in [-0.05, 0) is 46.9 Å². The minimum atomic E-state index is -1.43. The number of pyridine rings is 1. The van der Waals surface area contributed by atoms with Gasteiger partial charge in [0.2, 0.25) is 11.8 Å². The van der Waals surface area contributed by atoms with Crippen molar-refractivity contribution in [2.45, 2.75) is 50.7 Å². The number of carbonyl (C=O) groups excluding carboxylic acids is 2. The summed E-state index contributed by atoms with van der Waals surface area (Å²) in [4.78, 5) is 49.2. The number of carboxylic acid groups (broad SMARTS) is 1. The van der Waals surface area contributed by atoms with Gasteiger partial charge in [0.1, 0.15) is 22.9 Å². The van der Waals surface area contributed by atoms with E-state index in [9.17, 15) is 19.5 Å². The van der Waals surface area contributed by atoms with Crippen LogP contribution in [-0.2, 0) is 28.1 Å². The van der Waals surface area contributed by atoms with Gasteiger partial charge in [0.05, 0.1) is 17.5 Å². The van der Waals surface area contributed by atoms with Crippen LogP contribution in [-0.4, -0.2) is 43.6 Å². The molecule has 282 valence electrons. The van der Waals surface area contributed by atoms with E-state index in [1.807, 2.05) is 127 Å². The molecule has 0 spiro atoms. The van der Waals surface area contributed by atoms with Gasteiger partial charge in [0.25, 0.3) is 0 Å².